The van der Waals surface area contributed by atoms with Crippen LogP contribution in [0.3, 0.4) is 0 Å². The van der Waals surface area contributed by atoms with Gasteiger partial charge < -0.3 is 4.57 Å². The standard InChI is InChI=1S/C15H17N3/c1-18-14-9-11(10-16)7-8-13(14)17-15(18)12-5-3-2-4-6-12/h7-9,12H,2-6H2,1H3. The molecule has 1 fully saturated rings. The summed E-state index contributed by atoms with van der Waals surface area (Å²) in [4.78, 5) is 4.76. The summed E-state index contributed by atoms with van der Waals surface area (Å²) in [6, 6.07) is 7.94. The molecule has 1 aromatic carbocycles. The first kappa shape index (κ1) is 11.3. The molecular weight excluding hydrogens is 222 g/mol. The van der Waals surface area contributed by atoms with Gasteiger partial charge in [-0.2, -0.15) is 5.26 Å². The minimum Gasteiger partial charge on any atom is -0.331 e. The predicted molar refractivity (Wildman–Crippen MR) is 71.3 cm³/mol. The van der Waals surface area contributed by atoms with Crippen LogP contribution < -0.4 is 0 Å². The number of imidazole rings is 1. The Hall–Kier alpha value is -1.82. The van der Waals surface area contributed by atoms with Crippen molar-refractivity contribution in [3.05, 3.63) is 29.6 Å². The van der Waals surface area contributed by atoms with E-state index in [4.69, 9.17) is 10.2 Å². The Kier molecular flexibility index (Phi) is 2.79. The maximum atomic E-state index is 8.96. The van der Waals surface area contributed by atoms with E-state index in [1.54, 1.807) is 0 Å². The minimum absolute atomic E-state index is 0.599. The van der Waals surface area contributed by atoms with Crippen LogP contribution in [0.15, 0.2) is 18.2 Å². The summed E-state index contributed by atoms with van der Waals surface area (Å²) >= 11 is 0. The number of fused-ring (bicyclic) bond motifs is 1. The van der Waals surface area contributed by atoms with Crippen LogP contribution in [0.1, 0.15) is 49.4 Å². The van der Waals surface area contributed by atoms with Crippen molar-refractivity contribution in [3.63, 3.8) is 0 Å². The normalized spacial score (nSPS) is 16.9. The first-order valence-electron chi connectivity index (χ1n) is 6.66. The first-order valence-corrected chi connectivity index (χ1v) is 6.66. The molecule has 1 saturated carbocycles. The van der Waals surface area contributed by atoms with Crippen LogP contribution in [0.25, 0.3) is 11.0 Å². The van der Waals surface area contributed by atoms with Gasteiger partial charge in [-0.05, 0) is 31.0 Å². The van der Waals surface area contributed by atoms with Crippen LogP contribution in [0.5, 0.6) is 0 Å². The lowest BCUT2D eigenvalue weighted by Crippen LogP contribution is -2.10. The van der Waals surface area contributed by atoms with Gasteiger partial charge in [0.2, 0.25) is 0 Å². The molecule has 0 saturated heterocycles. The lowest BCUT2D eigenvalue weighted by Gasteiger charge is -2.20. The van der Waals surface area contributed by atoms with Crippen LogP contribution >= 0.6 is 0 Å². The predicted octanol–water partition coefficient (Wildman–Crippen LogP) is 3.49. The molecule has 3 nitrogen and oxygen atoms in total. The van der Waals surface area contributed by atoms with Crippen molar-refractivity contribution in [2.75, 3.05) is 0 Å². The molecule has 0 radical (unpaired) electrons. The van der Waals surface area contributed by atoms with E-state index in [0.717, 1.165) is 11.0 Å². The molecule has 0 amide bonds. The Morgan fingerprint density at radius 1 is 1.28 bits per heavy atom. The molecule has 1 aliphatic carbocycles. The Morgan fingerprint density at radius 2 is 2.06 bits per heavy atom. The summed E-state index contributed by atoms with van der Waals surface area (Å²) in [7, 11) is 2.07. The third-order valence-electron chi connectivity index (χ3n) is 4.01. The van der Waals surface area contributed by atoms with Gasteiger partial charge in [0, 0.05) is 13.0 Å². The van der Waals surface area contributed by atoms with Crippen LogP contribution in [0.4, 0.5) is 0 Å². The van der Waals surface area contributed by atoms with E-state index >= 15 is 0 Å². The average Bonchev–Trinajstić information content (AvgIpc) is 2.77. The Bertz CT molecular complexity index is 612. The van der Waals surface area contributed by atoms with Gasteiger partial charge in [0.15, 0.2) is 0 Å². The van der Waals surface area contributed by atoms with E-state index < -0.39 is 0 Å². The van der Waals surface area contributed by atoms with Gasteiger partial charge >= 0.3 is 0 Å². The van der Waals surface area contributed by atoms with E-state index in [-0.39, 0.29) is 0 Å². The van der Waals surface area contributed by atoms with Crippen molar-refractivity contribution in [1.82, 2.24) is 9.55 Å². The Morgan fingerprint density at radius 3 is 2.78 bits per heavy atom. The van der Waals surface area contributed by atoms with Gasteiger partial charge in [-0.1, -0.05) is 19.3 Å². The summed E-state index contributed by atoms with van der Waals surface area (Å²) in [6.45, 7) is 0. The number of nitriles is 1. The molecule has 92 valence electrons. The molecular formula is C15H17N3. The second-order valence-electron chi connectivity index (χ2n) is 5.18. The molecule has 0 atom stereocenters. The van der Waals surface area contributed by atoms with Gasteiger partial charge in [0.05, 0.1) is 22.7 Å². The molecule has 2 aromatic rings. The van der Waals surface area contributed by atoms with Gasteiger partial charge in [-0.3, -0.25) is 0 Å². The highest BCUT2D eigenvalue weighted by Crippen LogP contribution is 2.33. The smallest absolute Gasteiger partial charge is 0.112 e. The molecule has 0 bridgehead atoms. The molecule has 1 aliphatic rings. The number of hydrogen-bond acceptors (Lipinski definition) is 2. The topological polar surface area (TPSA) is 41.6 Å². The van der Waals surface area contributed by atoms with Crippen LogP contribution in [0, 0.1) is 11.3 Å². The number of hydrogen-bond donors (Lipinski definition) is 0. The van der Waals surface area contributed by atoms with E-state index in [2.05, 4.69) is 17.7 Å². The first-order chi connectivity index (χ1) is 8.79. The van der Waals surface area contributed by atoms with Gasteiger partial charge in [-0.25, -0.2) is 4.98 Å². The quantitative estimate of drug-likeness (QED) is 0.764. The van der Waals surface area contributed by atoms with Crippen LogP contribution in [-0.4, -0.2) is 9.55 Å². The fourth-order valence-corrected chi connectivity index (χ4v) is 3.00. The summed E-state index contributed by atoms with van der Waals surface area (Å²) in [5.74, 6) is 1.79. The molecule has 0 spiro atoms. The fraction of sp³-hybridized carbons (Fsp3) is 0.467. The molecule has 18 heavy (non-hydrogen) atoms. The molecule has 0 aliphatic heterocycles. The van der Waals surface area contributed by atoms with E-state index in [9.17, 15) is 0 Å². The fourth-order valence-electron chi connectivity index (χ4n) is 3.00. The monoisotopic (exact) mass is 239 g/mol. The van der Waals surface area contributed by atoms with Gasteiger partial charge in [-0.15, -0.1) is 0 Å². The molecule has 0 unspecified atom stereocenters. The second-order valence-corrected chi connectivity index (χ2v) is 5.18. The SMILES string of the molecule is Cn1c(C2CCCCC2)nc2ccc(C#N)cc21. The van der Waals surface area contributed by atoms with E-state index in [1.165, 1.54) is 37.9 Å². The van der Waals surface area contributed by atoms with Crippen LogP contribution in [-0.2, 0) is 7.05 Å². The molecule has 3 heteroatoms. The number of aromatic nitrogens is 2. The summed E-state index contributed by atoms with van der Waals surface area (Å²) < 4.78 is 2.17. The lowest BCUT2D eigenvalue weighted by molar-refractivity contribution is 0.423. The number of nitrogens with zero attached hydrogens (tertiary/aromatic N) is 3. The van der Waals surface area contributed by atoms with Crippen LogP contribution in [0.2, 0.25) is 0 Å². The minimum atomic E-state index is 0.599. The summed E-state index contributed by atoms with van der Waals surface area (Å²) in [6.07, 6.45) is 6.50. The zero-order valence-corrected chi connectivity index (χ0v) is 10.7. The third kappa shape index (κ3) is 1.78. The van der Waals surface area contributed by atoms with Gasteiger partial charge in [0.1, 0.15) is 5.82 Å². The number of aryl methyl sites for hydroxylation is 1. The zero-order valence-electron chi connectivity index (χ0n) is 10.7. The number of rotatable bonds is 1. The van der Waals surface area contributed by atoms with E-state index in [1.807, 2.05) is 18.2 Å². The summed E-state index contributed by atoms with van der Waals surface area (Å²) in [5.41, 5.74) is 2.80. The zero-order chi connectivity index (χ0) is 12.5. The van der Waals surface area contributed by atoms with Crippen molar-refractivity contribution < 1.29 is 0 Å². The van der Waals surface area contributed by atoms with Gasteiger partial charge in [0.25, 0.3) is 0 Å². The highest BCUT2D eigenvalue weighted by Gasteiger charge is 2.21. The number of benzene rings is 1. The maximum Gasteiger partial charge on any atom is 0.112 e. The van der Waals surface area contributed by atoms with Crippen molar-refractivity contribution in [2.24, 2.45) is 7.05 Å². The van der Waals surface area contributed by atoms with Crippen molar-refractivity contribution in [3.8, 4) is 6.07 Å². The Labute approximate surface area is 107 Å². The lowest BCUT2D eigenvalue weighted by atomic mass is 9.89. The average molecular weight is 239 g/mol. The molecule has 1 heterocycles. The Balaban J connectivity index is 2.08. The second kappa shape index (κ2) is 4.45. The van der Waals surface area contributed by atoms with Crippen molar-refractivity contribution in [2.45, 2.75) is 38.0 Å². The molecule has 0 N–H and O–H groups in total. The molecule has 1 aromatic heterocycles. The summed E-state index contributed by atoms with van der Waals surface area (Å²) in [5, 5.41) is 8.96. The van der Waals surface area contributed by atoms with E-state index in [0.29, 0.717) is 11.5 Å². The molecule has 3 rings (SSSR count). The highest BCUT2D eigenvalue weighted by atomic mass is 15.1. The van der Waals surface area contributed by atoms with Crippen molar-refractivity contribution >= 4 is 11.0 Å². The highest BCUT2D eigenvalue weighted by molar-refractivity contribution is 5.77. The largest absolute Gasteiger partial charge is 0.331 e. The maximum absolute atomic E-state index is 8.96. The van der Waals surface area contributed by atoms with Crippen molar-refractivity contribution in [1.29, 1.82) is 5.26 Å². The third-order valence-corrected chi connectivity index (χ3v) is 4.01.